The quantitative estimate of drug-likeness (QED) is 0.298. The Morgan fingerprint density at radius 3 is 2.50 bits per heavy atom. The summed E-state index contributed by atoms with van der Waals surface area (Å²) in [6.07, 6.45) is 1.47. The molecule has 0 aliphatic rings. The van der Waals surface area contributed by atoms with Gasteiger partial charge in [0, 0.05) is 24.2 Å². The number of hydrogen-bond donors (Lipinski definition) is 2. The van der Waals surface area contributed by atoms with E-state index < -0.39 is 35.4 Å². The normalized spacial score (nSPS) is 11.2. The van der Waals surface area contributed by atoms with Gasteiger partial charge in [-0.2, -0.15) is 0 Å². The number of amides is 2. The van der Waals surface area contributed by atoms with E-state index in [1.165, 1.54) is 42.7 Å². The number of hydrogen-bond acceptors (Lipinski definition) is 7. The second-order valence-corrected chi connectivity index (χ2v) is 6.66. The lowest BCUT2D eigenvalue weighted by Crippen LogP contribution is -2.44. The van der Waals surface area contributed by atoms with Crippen molar-refractivity contribution >= 4 is 29.2 Å². The van der Waals surface area contributed by atoms with Gasteiger partial charge in [-0.05, 0) is 23.8 Å². The monoisotopic (exact) mass is 437 g/mol. The van der Waals surface area contributed by atoms with Gasteiger partial charge in [0.2, 0.25) is 0 Å². The molecule has 0 saturated carbocycles. The van der Waals surface area contributed by atoms with Crippen LogP contribution in [0.2, 0.25) is 0 Å². The molecular weight excluding hydrogens is 418 g/mol. The number of nitro benzene ring substituents is 1. The van der Waals surface area contributed by atoms with E-state index in [0.717, 1.165) is 5.56 Å². The van der Waals surface area contributed by atoms with Gasteiger partial charge in [-0.3, -0.25) is 19.7 Å². The molecule has 10 heteroatoms. The smallest absolute Gasteiger partial charge is 0.329 e. The molecule has 0 bridgehead atoms. The molecule has 1 unspecified atom stereocenters. The average molecular weight is 437 g/mol. The minimum absolute atomic E-state index is 0.0271. The van der Waals surface area contributed by atoms with Gasteiger partial charge in [0.05, 0.1) is 11.2 Å². The van der Waals surface area contributed by atoms with Crippen molar-refractivity contribution < 1.29 is 28.5 Å². The van der Waals surface area contributed by atoms with E-state index in [0.29, 0.717) is 0 Å². The maximum atomic E-state index is 12.6. The largest absolute Gasteiger partial charge is 0.459 e. The molecule has 10 nitrogen and oxygen atoms in total. The Kier molecular flexibility index (Phi) is 7.31. The van der Waals surface area contributed by atoms with E-state index >= 15 is 0 Å². The zero-order valence-electron chi connectivity index (χ0n) is 16.7. The number of anilines is 1. The first-order valence-electron chi connectivity index (χ1n) is 9.51. The summed E-state index contributed by atoms with van der Waals surface area (Å²) in [5.74, 6) is -2.08. The topological polar surface area (TPSA) is 141 Å². The Balaban J connectivity index is 1.62. The fourth-order valence-corrected chi connectivity index (χ4v) is 2.81. The molecule has 0 aliphatic heterocycles. The van der Waals surface area contributed by atoms with Crippen LogP contribution < -0.4 is 10.6 Å². The zero-order valence-corrected chi connectivity index (χ0v) is 16.7. The number of carbonyl (C=O) groups excluding carboxylic acids is 3. The van der Waals surface area contributed by atoms with Crippen LogP contribution in [0.4, 0.5) is 11.4 Å². The van der Waals surface area contributed by atoms with E-state index in [-0.39, 0.29) is 23.6 Å². The van der Waals surface area contributed by atoms with Gasteiger partial charge in [0.25, 0.3) is 17.5 Å². The average Bonchev–Trinajstić information content (AvgIpc) is 3.33. The summed E-state index contributed by atoms with van der Waals surface area (Å²) in [7, 11) is 0. The number of ether oxygens (including phenoxy) is 1. The predicted molar refractivity (Wildman–Crippen MR) is 113 cm³/mol. The van der Waals surface area contributed by atoms with Crippen molar-refractivity contribution in [2.45, 2.75) is 12.5 Å². The van der Waals surface area contributed by atoms with Crippen molar-refractivity contribution in [3.63, 3.8) is 0 Å². The van der Waals surface area contributed by atoms with Crippen LogP contribution in [0.25, 0.3) is 0 Å². The van der Waals surface area contributed by atoms with Gasteiger partial charge >= 0.3 is 5.97 Å². The van der Waals surface area contributed by atoms with Crippen LogP contribution in [0.3, 0.4) is 0 Å². The molecule has 2 amide bonds. The fourth-order valence-electron chi connectivity index (χ4n) is 2.81. The van der Waals surface area contributed by atoms with Crippen LogP contribution in [-0.2, 0) is 20.7 Å². The van der Waals surface area contributed by atoms with Crippen LogP contribution in [0, 0.1) is 10.1 Å². The second kappa shape index (κ2) is 10.5. The Hall–Kier alpha value is -4.47. The highest BCUT2D eigenvalue weighted by Gasteiger charge is 2.25. The number of esters is 1. The SMILES string of the molecule is O=C(COC(=O)C(Cc1ccccc1)NC(=O)c1ccco1)Nc1cccc([N+](=O)[O-])c1. The van der Waals surface area contributed by atoms with Crippen molar-refractivity contribution in [2.75, 3.05) is 11.9 Å². The summed E-state index contributed by atoms with van der Waals surface area (Å²) >= 11 is 0. The molecular formula is C22H19N3O7. The Bertz CT molecular complexity index is 1100. The Labute approximate surface area is 182 Å². The van der Waals surface area contributed by atoms with Gasteiger partial charge in [0.1, 0.15) is 6.04 Å². The molecule has 0 radical (unpaired) electrons. The summed E-state index contributed by atoms with van der Waals surface area (Å²) in [4.78, 5) is 47.3. The minimum Gasteiger partial charge on any atom is -0.459 e. The van der Waals surface area contributed by atoms with E-state index in [1.807, 2.05) is 6.07 Å². The van der Waals surface area contributed by atoms with Crippen molar-refractivity contribution in [1.29, 1.82) is 0 Å². The molecule has 164 valence electrons. The highest BCUT2D eigenvalue weighted by molar-refractivity contribution is 5.96. The lowest BCUT2D eigenvalue weighted by molar-refractivity contribution is -0.384. The number of furan rings is 1. The van der Waals surface area contributed by atoms with Gasteiger partial charge in [-0.25, -0.2) is 4.79 Å². The van der Waals surface area contributed by atoms with Gasteiger partial charge in [-0.15, -0.1) is 0 Å². The molecule has 0 saturated heterocycles. The number of rotatable bonds is 9. The third kappa shape index (κ3) is 6.26. The summed E-state index contributed by atoms with van der Waals surface area (Å²) in [5.41, 5.74) is 0.769. The van der Waals surface area contributed by atoms with Crippen LogP contribution in [-0.4, -0.2) is 35.4 Å². The Morgan fingerprint density at radius 1 is 1.03 bits per heavy atom. The molecule has 0 fully saturated rings. The van der Waals surface area contributed by atoms with Gasteiger partial charge < -0.3 is 19.8 Å². The van der Waals surface area contributed by atoms with Gasteiger partial charge in [-0.1, -0.05) is 36.4 Å². The number of nitrogens with one attached hydrogen (secondary N) is 2. The summed E-state index contributed by atoms with van der Waals surface area (Å²) in [6, 6.07) is 16.2. The number of benzene rings is 2. The highest BCUT2D eigenvalue weighted by atomic mass is 16.6. The van der Waals surface area contributed by atoms with E-state index in [2.05, 4.69) is 10.6 Å². The first kappa shape index (κ1) is 22.2. The van der Waals surface area contributed by atoms with Crippen molar-refractivity contribution in [3.05, 3.63) is 94.4 Å². The molecule has 2 N–H and O–H groups in total. The highest BCUT2D eigenvalue weighted by Crippen LogP contribution is 2.17. The number of nitro groups is 1. The molecule has 1 aromatic heterocycles. The summed E-state index contributed by atoms with van der Waals surface area (Å²) < 4.78 is 10.1. The molecule has 2 aromatic carbocycles. The third-order valence-electron chi connectivity index (χ3n) is 4.30. The molecule has 0 spiro atoms. The van der Waals surface area contributed by atoms with E-state index in [1.54, 1.807) is 24.3 Å². The summed E-state index contributed by atoms with van der Waals surface area (Å²) in [5, 5.41) is 15.8. The second-order valence-electron chi connectivity index (χ2n) is 6.66. The van der Waals surface area contributed by atoms with Crippen LogP contribution in [0.5, 0.6) is 0 Å². The van der Waals surface area contributed by atoms with E-state index in [4.69, 9.17) is 9.15 Å². The maximum Gasteiger partial charge on any atom is 0.329 e. The van der Waals surface area contributed by atoms with Crippen molar-refractivity contribution in [3.8, 4) is 0 Å². The fraction of sp³-hybridized carbons (Fsp3) is 0.136. The van der Waals surface area contributed by atoms with Crippen molar-refractivity contribution in [2.24, 2.45) is 0 Å². The lowest BCUT2D eigenvalue weighted by Gasteiger charge is -2.17. The number of carbonyl (C=O) groups is 3. The number of nitrogens with zero attached hydrogens (tertiary/aromatic N) is 1. The maximum absolute atomic E-state index is 12.6. The molecule has 3 rings (SSSR count). The molecule has 3 aromatic rings. The lowest BCUT2D eigenvalue weighted by atomic mass is 10.1. The zero-order chi connectivity index (χ0) is 22.9. The first-order chi connectivity index (χ1) is 15.4. The van der Waals surface area contributed by atoms with Crippen LogP contribution in [0.1, 0.15) is 16.1 Å². The molecule has 1 atom stereocenters. The van der Waals surface area contributed by atoms with Crippen LogP contribution >= 0.6 is 0 Å². The molecule has 32 heavy (non-hydrogen) atoms. The Morgan fingerprint density at radius 2 is 1.81 bits per heavy atom. The summed E-state index contributed by atoms with van der Waals surface area (Å²) in [6.45, 7) is -0.635. The first-order valence-corrected chi connectivity index (χ1v) is 9.51. The predicted octanol–water partition coefficient (Wildman–Crippen LogP) is 2.71. The molecule has 0 aliphatic carbocycles. The van der Waals surface area contributed by atoms with Crippen molar-refractivity contribution in [1.82, 2.24) is 5.32 Å². The van der Waals surface area contributed by atoms with Crippen LogP contribution in [0.15, 0.2) is 77.4 Å². The van der Waals surface area contributed by atoms with Gasteiger partial charge in [0.15, 0.2) is 12.4 Å². The number of non-ortho nitro benzene ring substituents is 1. The minimum atomic E-state index is -1.07. The standard InChI is InChI=1S/C22H19N3O7/c26-20(23-16-8-4-9-17(13-16)25(29)30)14-32-22(28)18(12-15-6-2-1-3-7-15)24-21(27)19-10-5-11-31-19/h1-11,13,18H,12,14H2,(H,23,26)(H,24,27). The molecule has 1 heterocycles. The van der Waals surface area contributed by atoms with E-state index in [9.17, 15) is 24.5 Å². The third-order valence-corrected chi connectivity index (χ3v) is 4.30.